The molecule has 2 aromatic carbocycles. The van der Waals surface area contributed by atoms with E-state index in [1.165, 1.54) is 6.07 Å². The number of hydrogen-bond donors (Lipinski definition) is 0. The number of benzene rings is 2. The molecule has 0 spiro atoms. The van der Waals surface area contributed by atoms with E-state index in [1.54, 1.807) is 37.3 Å². The summed E-state index contributed by atoms with van der Waals surface area (Å²) in [7, 11) is 0. The van der Waals surface area contributed by atoms with Gasteiger partial charge >= 0.3 is 5.97 Å². The molecule has 0 amide bonds. The summed E-state index contributed by atoms with van der Waals surface area (Å²) in [6, 6.07) is 14.3. The van der Waals surface area contributed by atoms with Crippen molar-refractivity contribution in [3.8, 4) is 11.4 Å². The van der Waals surface area contributed by atoms with E-state index in [4.69, 9.17) is 9.47 Å². The highest BCUT2D eigenvalue weighted by Crippen LogP contribution is 2.19. The normalized spacial score (nSPS) is 10.5. The first-order valence-electron chi connectivity index (χ1n) is 8.74. The summed E-state index contributed by atoms with van der Waals surface area (Å²) in [5.74, 6) is -1.23. The Morgan fingerprint density at radius 3 is 2.54 bits per heavy atom. The van der Waals surface area contributed by atoms with E-state index in [2.05, 4.69) is 5.10 Å². The highest BCUT2D eigenvalue weighted by atomic mass is 19.1. The molecular weight excluding hydrogens is 363 g/mol. The van der Waals surface area contributed by atoms with Gasteiger partial charge in [-0.05, 0) is 32.0 Å². The molecule has 3 aromatic rings. The van der Waals surface area contributed by atoms with E-state index in [-0.39, 0.29) is 24.7 Å². The fourth-order valence-corrected chi connectivity index (χ4v) is 2.53. The molecule has 1 heterocycles. The number of ether oxygens (including phenoxy) is 2. The third-order valence-electron chi connectivity index (χ3n) is 3.99. The number of carbonyl (C=O) groups is 1. The van der Waals surface area contributed by atoms with Crippen LogP contribution in [0.25, 0.3) is 5.69 Å². The van der Waals surface area contributed by atoms with Gasteiger partial charge in [-0.3, -0.25) is 4.79 Å². The van der Waals surface area contributed by atoms with E-state index in [0.29, 0.717) is 11.3 Å². The molecule has 0 N–H and O–H groups in total. The zero-order chi connectivity index (χ0) is 20.1. The molecular formula is C21H19FN2O4. The van der Waals surface area contributed by atoms with E-state index in [0.717, 1.165) is 16.3 Å². The number of aryl methyl sites for hydroxylation is 1. The van der Waals surface area contributed by atoms with Crippen LogP contribution in [0.5, 0.6) is 5.75 Å². The Balaban J connectivity index is 2.00. The van der Waals surface area contributed by atoms with Crippen molar-refractivity contribution < 1.29 is 18.7 Å². The summed E-state index contributed by atoms with van der Waals surface area (Å²) in [4.78, 5) is 24.9. The van der Waals surface area contributed by atoms with Gasteiger partial charge in [0.15, 0.2) is 5.75 Å². The predicted molar refractivity (Wildman–Crippen MR) is 101 cm³/mol. The van der Waals surface area contributed by atoms with Crippen LogP contribution in [0, 0.1) is 12.7 Å². The monoisotopic (exact) mass is 382 g/mol. The second-order valence-electron chi connectivity index (χ2n) is 6.04. The molecule has 0 radical (unpaired) electrons. The molecule has 0 fully saturated rings. The molecule has 3 rings (SSSR count). The summed E-state index contributed by atoms with van der Waals surface area (Å²) in [5.41, 5.74) is 1.17. The van der Waals surface area contributed by atoms with E-state index in [9.17, 15) is 14.0 Å². The summed E-state index contributed by atoms with van der Waals surface area (Å²) in [6.45, 7) is 3.56. The second-order valence-corrected chi connectivity index (χ2v) is 6.04. The van der Waals surface area contributed by atoms with E-state index in [1.807, 2.05) is 19.1 Å². The lowest BCUT2D eigenvalue weighted by Crippen LogP contribution is -2.25. The topological polar surface area (TPSA) is 70.4 Å². The lowest BCUT2D eigenvalue weighted by atomic mass is 10.2. The fraction of sp³-hybridized carbons (Fsp3) is 0.190. The standard InChI is InChI=1S/C21H19FN2O4/c1-3-27-21(26)20-18(28-13-15-6-4-5-7-17(15)22)12-19(25)24(23-20)16-10-8-14(2)9-11-16/h4-12H,3,13H2,1-2H3. The van der Waals surface area contributed by atoms with Crippen molar-refractivity contribution in [2.75, 3.05) is 6.61 Å². The van der Waals surface area contributed by atoms with Gasteiger partial charge in [-0.25, -0.2) is 9.18 Å². The molecule has 144 valence electrons. The lowest BCUT2D eigenvalue weighted by molar-refractivity contribution is 0.0511. The van der Waals surface area contributed by atoms with Crippen LogP contribution in [0.15, 0.2) is 59.4 Å². The molecule has 6 nitrogen and oxygen atoms in total. The minimum absolute atomic E-state index is 0.0601. The smallest absolute Gasteiger partial charge is 0.362 e. The highest BCUT2D eigenvalue weighted by Gasteiger charge is 2.20. The zero-order valence-electron chi connectivity index (χ0n) is 15.5. The number of hydrogen-bond acceptors (Lipinski definition) is 5. The zero-order valence-corrected chi connectivity index (χ0v) is 15.5. The van der Waals surface area contributed by atoms with Crippen molar-refractivity contribution in [1.82, 2.24) is 9.78 Å². The fourth-order valence-electron chi connectivity index (χ4n) is 2.53. The van der Waals surface area contributed by atoms with Crippen molar-refractivity contribution in [3.05, 3.63) is 87.6 Å². The molecule has 0 aliphatic heterocycles. The molecule has 0 aliphatic carbocycles. The van der Waals surface area contributed by atoms with Gasteiger partial charge < -0.3 is 9.47 Å². The van der Waals surface area contributed by atoms with Gasteiger partial charge in [-0.2, -0.15) is 9.78 Å². The Morgan fingerprint density at radius 1 is 1.14 bits per heavy atom. The molecule has 0 bridgehead atoms. The maximum Gasteiger partial charge on any atom is 0.362 e. The second kappa shape index (κ2) is 8.47. The Kier molecular flexibility index (Phi) is 5.84. The largest absolute Gasteiger partial charge is 0.486 e. The number of halogens is 1. The van der Waals surface area contributed by atoms with Gasteiger partial charge in [-0.1, -0.05) is 35.9 Å². The Morgan fingerprint density at radius 2 is 1.86 bits per heavy atom. The van der Waals surface area contributed by atoms with Crippen molar-refractivity contribution in [1.29, 1.82) is 0 Å². The van der Waals surface area contributed by atoms with Gasteiger partial charge in [0.1, 0.15) is 12.4 Å². The van der Waals surface area contributed by atoms with Crippen molar-refractivity contribution in [2.45, 2.75) is 20.5 Å². The van der Waals surface area contributed by atoms with Crippen LogP contribution < -0.4 is 10.3 Å². The number of nitrogens with zero attached hydrogens (tertiary/aromatic N) is 2. The third-order valence-corrected chi connectivity index (χ3v) is 3.99. The summed E-state index contributed by atoms with van der Waals surface area (Å²) < 4.78 is 25.5. The summed E-state index contributed by atoms with van der Waals surface area (Å²) in [5, 5.41) is 4.14. The lowest BCUT2D eigenvalue weighted by Gasteiger charge is -2.13. The summed E-state index contributed by atoms with van der Waals surface area (Å²) >= 11 is 0. The van der Waals surface area contributed by atoms with Crippen LogP contribution in [-0.4, -0.2) is 22.4 Å². The number of aromatic nitrogens is 2. The van der Waals surface area contributed by atoms with Gasteiger partial charge in [0.05, 0.1) is 18.4 Å². The molecule has 0 saturated heterocycles. The van der Waals surface area contributed by atoms with Crippen molar-refractivity contribution in [2.24, 2.45) is 0 Å². The van der Waals surface area contributed by atoms with Gasteiger partial charge in [0.25, 0.3) is 5.56 Å². The Hall–Kier alpha value is -3.48. The minimum Gasteiger partial charge on any atom is -0.486 e. The van der Waals surface area contributed by atoms with Crippen LogP contribution >= 0.6 is 0 Å². The number of carbonyl (C=O) groups excluding carboxylic acids is 1. The molecule has 28 heavy (non-hydrogen) atoms. The highest BCUT2D eigenvalue weighted by molar-refractivity contribution is 5.90. The van der Waals surface area contributed by atoms with Crippen LogP contribution in [0.1, 0.15) is 28.5 Å². The van der Waals surface area contributed by atoms with Gasteiger partial charge in [0, 0.05) is 5.56 Å². The van der Waals surface area contributed by atoms with Crippen LogP contribution in [0.3, 0.4) is 0 Å². The average molecular weight is 382 g/mol. The molecule has 0 unspecified atom stereocenters. The first kappa shape index (κ1) is 19.3. The quantitative estimate of drug-likeness (QED) is 0.611. The first-order chi connectivity index (χ1) is 13.5. The molecule has 7 heteroatoms. The molecule has 0 saturated carbocycles. The molecule has 1 aromatic heterocycles. The first-order valence-corrected chi connectivity index (χ1v) is 8.74. The minimum atomic E-state index is -0.730. The van der Waals surface area contributed by atoms with Crippen LogP contribution in [0.4, 0.5) is 4.39 Å². The van der Waals surface area contributed by atoms with Crippen molar-refractivity contribution in [3.63, 3.8) is 0 Å². The maximum atomic E-state index is 13.8. The SMILES string of the molecule is CCOC(=O)c1nn(-c2ccc(C)cc2)c(=O)cc1OCc1ccccc1F. The predicted octanol–water partition coefficient (Wildman–Crippen LogP) is 3.44. The van der Waals surface area contributed by atoms with E-state index >= 15 is 0 Å². The summed E-state index contributed by atoms with van der Waals surface area (Å²) in [6.07, 6.45) is 0. The van der Waals surface area contributed by atoms with Crippen molar-refractivity contribution >= 4 is 5.97 Å². The van der Waals surface area contributed by atoms with Crippen LogP contribution in [0.2, 0.25) is 0 Å². The van der Waals surface area contributed by atoms with Gasteiger partial charge in [-0.15, -0.1) is 0 Å². The average Bonchev–Trinajstić information content (AvgIpc) is 2.68. The number of esters is 1. The third kappa shape index (κ3) is 4.25. The molecule has 0 atom stereocenters. The van der Waals surface area contributed by atoms with E-state index < -0.39 is 17.3 Å². The maximum absolute atomic E-state index is 13.8. The Labute approximate surface area is 161 Å². The number of rotatable bonds is 6. The Bertz CT molecular complexity index is 1050. The molecule has 0 aliphatic rings. The van der Waals surface area contributed by atoms with Crippen LogP contribution in [-0.2, 0) is 11.3 Å². The van der Waals surface area contributed by atoms with Gasteiger partial charge in [0.2, 0.25) is 5.69 Å².